The molecule has 0 amide bonds. The molecule has 3 heteroatoms. The SMILES string of the molecule is Cc1cnc(F)cc1B1CC(C)(C)C(C)(C)C1. The predicted molar refractivity (Wildman–Crippen MR) is 71.5 cm³/mol. The van der Waals surface area contributed by atoms with Crippen molar-refractivity contribution in [1.82, 2.24) is 4.98 Å². The Hall–Kier alpha value is -0.855. The van der Waals surface area contributed by atoms with Crippen LogP contribution in [0, 0.1) is 23.7 Å². The van der Waals surface area contributed by atoms with Crippen molar-refractivity contribution in [2.45, 2.75) is 47.3 Å². The molecule has 0 aromatic carbocycles. The Balaban J connectivity index is 2.35. The van der Waals surface area contributed by atoms with Gasteiger partial charge < -0.3 is 0 Å². The first-order valence-corrected chi connectivity index (χ1v) is 6.35. The molecule has 0 saturated carbocycles. The number of nitrogens with zero attached hydrogens (tertiary/aromatic N) is 1. The van der Waals surface area contributed by atoms with Crippen LogP contribution >= 0.6 is 0 Å². The first-order valence-electron chi connectivity index (χ1n) is 6.35. The molecule has 1 saturated heterocycles. The molecule has 1 aromatic heterocycles. The highest BCUT2D eigenvalue weighted by molar-refractivity contribution is 6.74. The molecule has 0 spiro atoms. The van der Waals surface area contributed by atoms with E-state index in [4.69, 9.17) is 0 Å². The van der Waals surface area contributed by atoms with E-state index in [1.807, 2.05) is 6.92 Å². The largest absolute Gasteiger partial charge is 0.228 e. The Kier molecular flexibility index (Phi) is 2.83. The molecule has 1 aromatic rings. The van der Waals surface area contributed by atoms with Crippen molar-refractivity contribution in [3.8, 4) is 0 Å². The number of hydrogen-bond acceptors (Lipinski definition) is 1. The van der Waals surface area contributed by atoms with Gasteiger partial charge in [-0.05, 0) is 29.4 Å². The molecule has 2 heterocycles. The van der Waals surface area contributed by atoms with Crippen LogP contribution in [0.3, 0.4) is 0 Å². The molecule has 2 rings (SSSR count). The molecule has 0 N–H and O–H groups in total. The van der Waals surface area contributed by atoms with Crippen molar-refractivity contribution in [3.05, 3.63) is 23.8 Å². The van der Waals surface area contributed by atoms with E-state index >= 15 is 0 Å². The van der Waals surface area contributed by atoms with E-state index in [9.17, 15) is 4.39 Å². The zero-order chi connectivity index (χ0) is 12.8. The van der Waals surface area contributed by atoms with Crippen molar-refractivity contribution in [2.75, 3.05) is 0 Å². The fourth-order valence-corrected chi connectivity index (χ4v) is 3.03. The normalized spacial score (nSPS) is 21.9. The monoisotopic (exact) mass is 233 g/mol. The molecule has 0 bridgehead atoms. The average molecular weight is 233 g/mol. The van der Waals surface area contributed by atoms with Crippen molar-refractivity contribution in [1.29, 1.82) is 0 Å². The highest BCUT2D eigenvalue weighted by Crippen LogP contribution is 2.52. The Morgan fingerprint density at radius 3 is 2.24 bits per heavy atom. The van der Waals surface area contributed by atoms with Crippen molar-refractivity contribution in [3.63, 3.8) is 0 Å². The van der Waals surface area contributed by atoms with Gasteiger partial charge in [-0.1, -0.05) is 45.8 Å². The van der Waals surface area contributed by atoms with Crippen molar-refractivity contribution < 1.29 is 4.39 Å². The lowest BCUT2D eigenvalue weighted by molar-refractivity contribution is 0.177. The minimum Gasteiger partial charge on any atom is -0.228 e. The summed E-state index contributed by atoms with van der Waals surface area (Å²) < 4.78 is 13.3. The third-order valence-corrected chi connectivity index (χ3v) is 4.90. The van der Waals surface area contributed by atoms with Crippen LogP contribution in [-0.2, 0) is 0 Å². The van der Waals surface area contributed by atoms with Gasteiger partial charge in [0.1, 0.15) is 0 Å². The second-order valence-electron chi connectivity index (χ2n) is 6.74. The van der Waals surface area contributed by atoms with Crippen LogP contribution in [0.5, 0.6) is 0 Å². The highest BCUT2D eigenvalue weighted by Gasteiger charge is 2.48. The fourth-order valence-electron chi connectivity index (χ4n) is 3.03. The molecule has 17 heavy (non-hydrogen) atoms. The Morgan fingerprint density at radius 1 is 1.18 bits per heavy atom. The van der Waals surface area contributed by atoms with Gasteiger partial charge in [0.2, 0.25) is 5.95 Å². The van der Waals surface area contributed by atoms with Crippen LogP contribution in [-0.4, -0.2) is 11.7 Å². The van der Waals surface area contributed by atoms with E-state index in [1.165, 1.54) is 0 Å². The van der Waals surface area contributed by atoms with Gasteiger partial charge in [-0.25, -0.2) is 4.98 Å². The fraction of sp³-hybridized carbons (Fsp3) is 0.643. The molecule has 1 aliphatic rings. The molecule has 92 valence electrons. The number of rotatable bonds is 1. The maximum atomic E-state index is 13.3. The molecule has 0 aliphatic carbocycles. The van der Waals surface area contributed by atoms with Gasteiger partial charge >= 0.3 is 0 Å². The van der Waals surface area contributed by atoms with Gasteiger partial charge in [-0.2, -0.15) is 4.39 Å². The van der Waals surface area contributed by atoms with Gasteiger partial charge in [-0.3, -0.25) is 0 Å². The van der Waals surface area contributed by atoms with Gasteiger partial charge in [0, 0.05) is 6.20 Å². The van der Waals surface area contributed by atoms with Crippen LogP contribution in [0.4, 0.5) is 4.39 Å². The van der Waals surface area contributed by atoms with Crippen molar-refractivity contribution in [2.24, 2.45) is 10.8 Å². The summed E-state index contributed by atoms with van der Waals surface area (Å²) in [5.41, 5.74) is 2.88. The summed E-state index contributed by atoms with van der Waals surface area (Å²) in [5.74, 6) is -0.354. The lowest BCUT2D eigenvalue weighted by atomic mass is 9.41. The molecular formula is C14H21BFN. The molecule has 1 nitrogen and oxygen atoms in total. The molecule has 0 unspecified atom stereocenters. The summed E-state index contributed by atoms with van der Waals surface area (Å²) in [6.45, 7) is 11.8. The topological polar surface area (TPSA) is 12.9 Å². The third-order valence-electron chi connectivity index (χ3n) is 4.90. The first-order chi connectivity index (χ1) is 7.73. The highest BCUT2D eigenvalue weighted by atomic mass is 19.1. The molecule has 1 fully saturated rings. The summed E-state index contributed by atoms with van der Waals surface area (Å²) in [7, 11) is 0. The zero-order valence-corrected chi connectivity index (χ0v) is 11.5. The molecular weight excluding hydrogens is 212 g/mol. The minimum absolute atomic E-state index is 0.309. The Bertz CT molecular complexity index is 424. The van der Waals surface area contributed by atoms with Gasteiger partial charge in [0.05, 0.1) is 0 Å². The van der Waals surface area contributed by atoms with Crippen LogP contribution in [0.25, 0.3) is 0 Å². The number of halogens is 1. The quantitative estimate of drug-likeness (QED) is 0.535. The second-order valence-corrected chi connectivity index (χ2v) is 6.74. The van der Waals surface area contributed by atoms with Crippen molar-refractivity contribution >= 4 is 12.2 Å². The summed E-state index contributed by atoms with van der Waals surface area (Å²) in [6.07, 6.45) is 3.91. The van der Waals surface area contributed by atoms with E-state index < -0.39 is 0 Å². The minimum atomic E-state index is -0.354. The summed E-state index contributed by atoms with van der Waals surface area (Å²) in [6, 6.07) is 1.62. The molecule has 0 atom stereocenters. The van der Waals surface area contributed by atoms with Crippen LogP contribution in [0.2, 0.25) is 12.6 Å². The van der Waals surface area contributed by atoms with E-state index in [0.29, 0.717) is 17.5 Å². The Morgan fingerprint density at radius 2 is 1.71 bits per heavy atom. The molecule has 0 radical (unpaired) electrons. The van der Waals surface area contributed by atoms with E-state index in [1.54, 1.807) is 12.3 Å². The smallest absolute Gasteiger partial charge is 0.212 e. The van der Waals surface area contributed by atoms with Gasteiger partial charge in [0.25, 0.3) is 0 Å². The van der Waals surface area contributed by atoms with Gasteiger partial charge in [0.15, 0.2) is 6.71 Å². The summed E-state index contributed by atoms with van der Waals surface area (Å²) in [4.78, 5) is 3.72. The van der Waals surface area contributed by atoms with E-state index in [-0.39, 0.29) is 5.95 Å². The van der Waals surface area contributed by atoms with Crippen LogP contribution in [0.1, 0.15) is 33.3 Å². The Labute approximate surface area is 104 Å². The van der Waals surface area contributed by atoms with E-state index in [0.717, 1.165) is 23.7 Å². The van der Waals surface area contributed by atoms with Gasteiger partial charge in [-0.15, -0.1) is 0 Å². The predicted octanol–water partition coefficient (Wildman–Crippen LogP) is 3.30. The number of hydrogen-bond donors (Lipinski definition) is 0. The van der Waals surface area contributed by atoms with Crippen LogP contribution < -0.4 is 5.46 Å². The number of pyridine rings is 1. The lowest BCUT2D eigenvalue weighted by Gasteiger charge is -2.35. The average Bonchev–Trinajstić information content (AvgIpc) is 2.40. The maximum absolute atomic E-state index is 13.3. The lowest BCUT2D eigenvalue weighted by Crippen LogP contribution is -2.31. The zero-order valence-electron chi connectivity index (χ0n) is 11.5. The van der Waals surface area contributed by atoms with Crippen LogP contribution in [0.15, 0.2) is 12.3 Å². The van der Waals surface area contributed by atoms with E-state index in [2.05, 4.69) is 32.7 Å². The first kappa shape index (κ1) is 12.6. The number of aromatic nitrogens is 1. The summed E-state index contributed by atoms with van der Waals surface area (Å²) >= 11 is 0. The third kappa shape index (κ3) is 2.12. The standard InChI is InChI=1S/C14H21BFN/c1-10-7-17-12(16)6-11(10)15-8-13(2,3)14(4,5)9-15/h6-7H,8-9H2,1-5H3. The summed E-state index contributed by atoms with van der Waals surface area (Å²) in [5, 5.41) is 0. The second kappa shape index (κ2) is 3.83. The number of aryl methyl sites for hydroxylation is 1. The molecule has 1 aliphatic heterocycles. The maximum Gasteiger partial charge on any atom is 0.212 e.